The van der Waals surface area contributed by atoms with Crippen molar-refractivity contribution >= 4 is 38.4 Å². The summed E-state index contributed by atoms with van der Waals surface area (Å²) in [7, 11) is -2.29. The predicted octanol–water partition coefficient (Wildman–Crippen LogP) is 2.50. The highest BCUT2D eigenvalue weighted by Gasteiger charge is 2.21. The van der Waals surface area contributed by atoms with Gasteiger partial charge < -0.3 is 5.32 Å². The number of nitrogens with one attached hydrogen (secondary N) is 2. The minimum Gasteiger partial charge on any atom is -0.387 e. The number of nitro groups is 1. The zero-order valence-corrected chi connectivity index (χ0v) is 12.0. The first kappa shape index (κ1) is 14.3. The van der Waals surface area contributed by atoms with Gasteiger partial charge in [0.2, 0.25) is 0 Å². The van der Waals surface area contributed by atoms with Crippen LogP contribution in [0.2, 0.25) is 0 Å². The maximum atomic E-state index is 12.2. The Morgan fingerprint density at radius 3 is 2.60 bits per heavy atom. The zero-order valence-electron chi connectivity index (χ0n) is 10.4. The van der Waals surface area contributed by atoms with Crippen molar-refractivity contribution in [3.05, 3.63) is 45.1 Å². The monoisotopic (exact) mass is 313 g/mol. The van der Waals surface area contributed by atoms with Gasteiger partial charge in [0.1, 0.15) is 4.90 Å². The quantitative estimate of drug-likeness (QED) is 0.652. The molecular formula is C11H11N3O4S2. The van der Waals surface area contributed by atoms with Crippen molar-refractivity contribution in [1.82, 2.24) is 0 Å². The molecule has 9 heteroatoms. The predicted molar refractivity (Wildman–Crippen MR) is 77.8 cm³/mol. The number of rotatable bonds is 5. The molecule has 0 aliphatic rings. The third-order valence-corrected chi connectivity index (χ3v) is 4.63. The molecule has 1 aromatic heterocycles. The van der Waals surface area contributed by atoms with Crippen LogP contribution in [0.15, 0.2) is 39.9 Å². The molecule has 0 atom stereocenters. The molecule has 2 N–H and O–H groups in total. The molecule has 7 nitrogen and oxygen atoms in total. The van der Waals surface area contributed by atoms with E-state index in [9.17, 15) is 18.5 Å². The second kappa shape index (κ2) is 5.47. The minimum atomic E-state index is -3.80. The van der Waals surface area contributed by atoms with E-state index in [2.05, 4.69) is 10.0 Å². The molecule has 2 rings (SSSR count). The lowest BCUT2D eigenvalue weighted by atomic mass is 10.3. The summed E-state index contributed by atoms with van der Waals surface area (Å²) in [5.41, 5.74) is 0.446. The Morgan fingerprint density at radius 1 is 1.30 bits per heavy atom. The number of benzene rings is 1. The number of hydrogen-bond donors (Lipinski definition) is 2. The van der Waals surface area contributed by atoms with Gasteiger partial charge in [-0.3, -0.25) is 14.8 Å². The highest BCUT2D eigenvalue weighted by molar-refractivity contribution is 7.92. The molecule has 0 spiro atoms. The third-order valence-electron chi connectivity index (χ3n) is 2.51. The van der Waals surface area contributed by atoms with Crippen LogP contribution in [0.25, 0.3) is 0 Å². The maximum Gasteiger partial charge on any atom is 0.271 e. The molecule has 0 aliphatic carbocycles. The Labute approximate surface area is 119 Å². The van der Waals surface area contributed by atoms with Crippen LogP contribution >= 0.6 is 11.3 Å². The van der Waals surface area contributed by atoms with Gasteiger partial charge in [0.25, 0.3) is 15.7 Å². The fourth-order valence-electron chi connectivity index (χ4n) is 1.59. The van der Waals surface area contributed by atoms with Crippen molar-refractivity contribution < 1.29 is 13.3 Å². The van der Waals surface area contributed by atoms with Crippen LogP contribution in [-0.2, 0) is 10.0 Å². The summed E-state index contributed by atoms with van der Waals surface area (Å²) in [4.78, 5) is 10.1. The van der Waals surface area contributed by atoms with Crippen LogP contribution in [0.4, 0.5) is 17.1 Å². The fourth-order valence-corrected chi connectivity index (χ4v) is 3.50. The molecule has 0 unspecified atom stereocenters. The molecule has 106 valence electrons. The summed E-state index contributed by atoms with van der Waals surface area (Å²) in [6, 6.07) is 5.18. The average molecular weight is 313 g/mol. The van der Waals surface area contributed by atoms with Crippen molar-refractivity contribution in [3.63, 3.8) is 0 Å². The van der Waals surface area contributed by atoms with E-state index in [1.807, 2.05) is 0 Å². The Bertz CT molecular complexity index is 726. The molecule has 0 amide bonds. The van der Waals surface area contributed by atoms with Crippen LogP contribution in [0.1, 0.15) is 0 Å². The van der Waals surface area contributed by atoms with Crippen LogP contribution in [0.3, 0.4) is 0 Å². The number of anilines is 2. The van der Waals surface area contributed by atoms with E-state index in [1.165, 1.54) is 30.5 Å². The van der Waals surface area contributed by atoms with Gasteiger partial charge in [0.05, 0.1) is 16.3 Å². The summed E-state index contributed by atoms with van der Waals surface area (Å²) < 4.78 is 26.9. The lowest BCUT2D eigenvalue weighted by Gasteiger charge is -2.10. The molecule has 0 bridgehead atoms. The second-order valence-electron chi connectivity index (χ2n) is 3.81. The van der Waals surface area contributed by atoms with E-state index < -0.39 is 14.9 Å². The van der Waals surface area contributed by atoms with Crippen LogP contribution in [-0.4, -0.2) is 20.4 Å². The Kier molecular flexibility index (Phi) is 3.91. The number of thiophene rings is 1. The largest absolute Gasteiger partial charge is 0.387 e. The van der Waals surface area contributed by atoms with Gasteiger partial charge in [-0.15, -0.1) is 0 Å². The molecule has 0 fully saturated rings. The third kappa shape index (κ3) is 2.89. The van der Waals surface area contributed by atoms with E-state index in [4.69, 9.17) is 0 Å². The molecule has 0 saturated heterocycles. The van der Waals surface area contributed by atoms with Crippen LogP contribution < -0.4 is 10.0 Å². The van der Waals surface area contributed by atoms with E-state index in [0.717, 1.165) is 6.07 Å². The lowest BCUT2D eigenvalue weighted by molar-refractivity contribution is -0.384. The summed E-state index contributed by atoms with van der Waals surface area (Å²) in [6.07, 6.45) is 0. The van der Waals surface area contributed by atoms with Gasteiger partial charge in [0.15, 0.2) is 0 Å². The number of nitro benzene ring substituents is 1. The summed E-state index contributed by atoms with van der Waals surface area (Å²) in [5, 5.41) is 16.8. The highest BCUT2D eigenvalue weighted by atomic mass is 32.2. The topological polar surface area (TPSA) is 101 Å². The normalized spacial score (nSPS) is 11.1. The second-order valence-corrected chi connectivity index (χ2v) is 6.24. The van der Waals surface area contributed by atoms with Crippen molar-refractivity contribution in [1.29, 1.82) is 0 Å². The van der Waals surface area contributed by atoms with Gasteiger partial charge in [-0.2, -0.15) is 11.3 Å². The molecule has 1 aromatic carbocycles. The van der Waals surface area contributed by atoms with E-state index >= 15 is 0 Å². The molecule has 2 aromatic rings. The summed E-state index contributed by atoms with van der Waals surface area (Å²) in [6.45, 7) is 0. The molecule has 0 radical (unpaired) electrons. The Hall–Kier alpha value is -2.13. The van der Waals surface area contributed by atoms with Gasteiger partial charge in [-0.1, -0.05) is 0 Å². The highest BCUT2D eigenvalue weighted by Crippen LogP contribution is 2.28. The van der Waals surface area contributed by atoms with Gasteiger partial charge >= 0.3 is 0 Å². The first-order valence-corrected chi connectivity index (χ1v) is 7.88. The lowest BCUT2D eigenvalue weighted by Crippen LogP contribution is -2.14. The van der Waals surface area contributed by atoms with Crippen molar-refractivity contribution in [2.75, 3.05) is 17.1 Å². The van der Waals surface area contributed by atoms with E-state index in [1.54, 1.807) is 16.8 Å². The molecule has 1 heterocycles. The van der Waals surface area contributed by atoms with Gasteiger partial charge in [0, 0.05) is 24.6 Å². The SMILES string of the molecule is CNc1cc([N+](=O)[O-])ccc1S(=O)(=O)Nc1ccsc1. The summed E-state index contributed by atoms with van der Waals surface area (Å²) in [5.74, 6) is 0. The first-order valence-electron chi connectivity index (χ1n) is 5.45. The average Bonchev–Trinajstić information content (AvgIpc) is 2.89. The van der Waals surface area contributed by atoms with Crippen molar-refractivity contribution in [2.24, 2.45) is 0 Å². The fraction of sp³-hybridized carbons (Fsp3) is 0.0909. The molecule has 0 saturated carbocycles. The van der Waals surface area contributed by atoms with Crippen LogP contribution in [0, 0.1) is 10.1 Å². The Balaban J connectivity index is 2.43. The van der Waals surface area contributed by atoms with E-state index in [0.29, 0.717) is 5.69 Å². The summed E-state index contributed by atoms with van der Waals surface area (Å²) >= 11 is 1.36. The van der Waals surface area contributed by atoms with Gasteiger partial charge in [-0.25, -0.2) is 8.42 Å². The molecule has 0 aliphatic heterocycles. The molecule has 20 heavy (non-hydrogen) atoms. The number of hydrogen-bond acceptors (Lipinski definition) is 6. The van der Waals surface area contributed by atoms with Crippen molar-refractivity contribution in [2.45, 2.75) is 4.90 Å². The number of non-ortho nitro benzene ring substituents is 1. The number of sulfonamides is 1. The Morgan fingerprint density at radius 2 is 2.05 bits per heavy atom. The zero-order chi connectivity index (χ0) is 14.8. The van der Waals surface area contributed by atoms with Crippen molar-refractivity contribution in [3.8, 4) is 0 Å². The number of nitrogens with zero attached hydrogens (tertiary/aromatic N) is 1. The van der Waals surface area contributed by atoms with Crippen LogP contribution in [0.5, 0.6) is 0 Å². The van der Waals surface area contributed by atoms with E-state index in [-0.39, 0.29) is 16.3 Å². The maximum absolute atomic E-state index is 12.2. The minimum absolute atomic E-state index is 0.0446. The standard InChI is InChI=1S/C11H11N3O4S2/c1-12-10-6-9(14(15)16)2-3-11(10)20(17,18)13-8-4-5-19-7-8/h2-7,12-13H,1H3. The molecular weight excluding hydrogens is 302 g/mol. The smallest absolute Gasteiger partial charge is 0.271 e. The van der Waals surface area contributed by atoms with Gasteiger partial charge in [-0.05, 0) is 17.5 Å². The first-order chi connectivity index (χ1) is 9.44.